The van der Waals surface area contributed by atoms with E-state index >= 15 is 0 Å². The number of aliphatic hydroxyl groups is 2. The standard InChI is InChI=1S/C10H18N2O5/c1-10(17)3-2-4-12(6-10)9(16)11-5-7(13)8(14)15/h7,13,17H,2-6H2,1H3,(H,11,16)(H,14,15). The first kappa shape index (κ1) is 13.7. The van der Waals surface area contributed by atoms with Gasteiger partial charge in [0.25, 0.3) is 0 Å². The van der Waals surface area contributed by atoms with Crippen molar-refractivity contribution in [3.63, 3.8) is 0 Å². The third-order valence-corrected chi connectivity index (χ3v) is 2.69. The molecule has 2 amide bonds. The molecular formula is C10H18N2O5. The molecule has 0 aromatic carbocycles. The number of hydrogen-bond acceptors (Lipinski definition) is 4. The highest BCUT2D eigenvalue weighted by Gasteiger charge is 2.31. The first-order valence-electron chi connectivity index (χ1n) is 5.48. The minimum Gasteiger partial charge on any atom is -0.479 e. The van der Waals surface area contributed by atoms with Gasteiger partial charge in [0.1, 0.15) is 0 Å². The predicted octanol–water partition coefficient (Wildman–Crippen LogP) is -1.01. The largest absolute Gasteiger partial charge is 0.479 e. The lowest BCUT2D eigenvalue weighted by molar-refractivity contribution is -0.146. The number of likely N-dealkylation sites (tertiary alicyclic amines) is 1. The molecule has 17 heavy (non-hydrogen) atoms. The molecule has 0 bridgehead atoms. The Hall–Kier alpha value is -1.34. The second-order valence-electron chi connectivity index (χ2n) is 4.56. The molecule has 1 aliphatic heterocycles. The van der Waals surface area contributed by atoms with Crippen LogP contribution >= 0.6 is 0 Å². The molecule has 1 fully saturated rings. The summed E-state index contributed by atoms with van der Waals surface area (Å²) in [6.07, 6.45) is -0.277. The van der Waals surface area contributed by atoms with Crippen LogP contribution in [0.5, 0.6) is 0 Å². The van der Waals surface area contributed by atoms with Crippen molar-refractivity contribution in [3.05, 3.63) is 0 Å². The molecule has 4 N–H and O–H groups in total. The topological polar surface area (TPSA) is 110 Å². The van der Waals surface area contributed by atoms with Crippen molar-refractivity contribution in [3.8, 4) is 0 Å². The molecule has 1 aliphatic rings. The summed E-state index contributed by atoms with van der Waals surface area (Å²) in [4.78, 5) is 23.4. The molecule has 7 nitrogen and oxygen atoms in total. The molecule has 0 spiro atoms. The molecular weight excluding hydrogens is 228 g/mol. The number of carbonyl (C=O) groups is 2. The van der Waals surface area contributed by atoms with E-state index in [4.69, 9.17) is 10.2 Å². The fourth-order valence-corrected chi connectivity index (χ4v) is 1.78. The van der Waals surface area contributed by atoms with E-state index in [1.807, 2.05) is 0 Å². The molecule has 0 aliphatic carbocycles. The predicted molar refractivity (Wildman–Crippen MR) is 58.5 cm³/mol. The zero-order valence-electron chi connectivity index (χ0n) is 9.72. The highest BCUT2D eigenvalue weighted by molar-refractivity contribution is 5.77. The first-order chi connectivity index (χ1) is 7.82. The molecule has 0 radical (unpaired) electrons. The first-order valence-corrected chi connectivity index (χ1v) is 5.48. The van der Waals surface area contributed by atoms with Crippen molar-refractivity contribution in [1.82, 2.24) is 10.2 Å². The van der Waals surface area contributed by atoms with Gasteiger partial charge in [-0.2, -0.15) is 0 Å². The van der Waals surface area contributed by atoms with Gasteiger partial charge < -0.3 is 25.5 Å². The number of carboxylic acids is 1. The Morgan fingerprint density at radius 3 is 2.71 bits per heavy atom. The Labute approximate surface area is 99.0 Å². The van der Waals surface area contributed by atoms with Crippen LogP contribution in [0.2, 0.25) is 0 Å². The number of urea groups is 1. The fourth-order valence-electron chi connectivity index (χ4n) is 1.78. The molecule has 0 saturated carbocycles. The highest BCUT2D eigenvalue weighted by atomic mass is 16.4. The summed E-state index contributed by atoms with van der Waals surface area (Å²) >= 11 is 0. The van der Waals surface area contributed by atoms with Crippen molar-refractivity contribution in [2.75, 3.05) is 19.6 Å². The molecule has 7 heteroatoms. The molecule has 98 valence electrons. The number of piperidine rings is 1. The van der Waals surface area contributed by atoms with Crippen LogP contribution in [0.3, 0.4) is 0 Å². The van der Waals surface area contributed by atoms with Gasteiger partial charge >= 0.3 is 12.0 Å². The molecule has 1 heterocycles. The molecule has 1 rings (SSSR count). The number of hydrogen-bond donors (Lipinski definition) is 4. The molecule has 1 saturated heterocycles. The average molecular weight is 246 g/mol. The quantitative estimate of drug-likeness (QED) is 0.510. The van der Waals surface area contributed by atoms with Crippen LogP contribution in [0, 0.1) is 0 Å². The number of rotatable bonds is 3. The summed E-state index contributed by atoms with van der Waals surface area (Å²) in [6.45, 7) is 2.04. The summed E-state index contributed by atoms with van der Waals surface area (Å²) in [6, 6.07) is -0.467. The van der Waals surface area contributed by atoms with E-state index in [1.165, 1.54) is 4.90 Å². The SMILES string of the molecule is CC1(O)CCCN(C(=O)NCC(O)C(=O)O)C1. The molecule has 0 aromatic rings. The van der Waals surface area contributed by atoms with Gasteiger partial charge in [-0.15, -0.1) is 0 Å². The summed E-state index contributed by atoms with van der Waals surface area (Å²) < 4.78 is 0. The average Bonchev–Trinajstić information content (AvgIpc) is 2.23. The van der Waals surface area contributed by atoms with Crippen molar-refractivity contribution < 1.29 is 24.9 Å². The van der Waals surface area contributed by atoms with E-state index in [1.54, 1.807) is 6.92 Å². The van der Waals surface area contributed by atoms with Crippen LogP contribution in [0.4, 0.5) is 4.79 Å². The normalized spacial score (nSPS) is 26.4. The smallest absolute Gasteiger partial charge is 0.334 e. The minimum atomic E-state index is -1.61. The van der Waals surface area contributed by atoms with Gasteiger partial charge in [0, 0.05) is 6.54 Å². The molecule has 0 aromatic heterocycles. The van der Waals surface area contributed by atoms with Gasteiger partial charge in [-0.25, -0.2) is 9.59 Å². The van der Waals surface area contributed by atoms with Gasteiger partial charge in [0.2, 0.25) is 0 Å². The third-order valence-electron chi connectivity index (χ3n) is 2.69. The highest BCUT2D eigenvalue weighted by Crippen LogP contribution is 2.19. The lowest BCUT2D eigenvalue weighted by Crippen LogP contribution is -2.53. The lowest BCUT2D eigenvalue weighted by Gasteiger charge is -2.36. The second kappa shape index (κ2) is 5.33. The Morgan fingerprint density at radius 1 is 1.53 bits per heavy atom. The molecule has 2 atom stereocenters. The van der Waals surface area contributed by atoms with Crippen LogP contribution in [-0.2, 0) is 4.79 Å². The lowest BCUT2D eigenvalue weighted by atomic mass is 9.95. The minimum absolute atomic E-state index is 0.210. The van der Waals surface area contributed by atoms with E-state index in [2.05, 4.69) is 5.32 Å². The van der Waals surface area contributed by atoms with Crippen molar-refractivity contribution >= 4 is 12.0 Å². The number of β-amino-alcohol motifs (C(OH)–C–C–N with tert-alkyl or cyclic N) is 1. The van der Waals surface area contributed by atoms with E-state index in [-0.39, 0.29) is 13.1 Å². The summed E-state index contributed by atoms with van der Waals surface area (Å²) in [5.41, 5.74) is -0.902. The van der Waals surface area contributed by atoms with E-state index in [0.29, 0.717) is 19.4 Å². The third kappa shape index (κ3) is 4.20. The fraction of sp³-hybridized carbons (Fsp3) is 0.800. The maximum Gasteiger partial charge on any atom is 0.334 e. The van der Waals surface area contributed by atoms with Gasteiger partial charge in [-0.3, -0.25) is 0 Å². The number of carboxylic acid groups (broad SMARTS) is 1. The van der Waals surface area contributed by atoms with Crippen molar-refractivity contribution in [1.29, 1.82) is 0 Å². The molecule has 2 unspecified atom stereocenters. The van der Waals surface area contributed by atoms with Crippen molar-refractivity contribution in [2.24, 2.45) is 0 Å². The van der Waals surface area contributed by atoms with Crippen LogP contribution < -0.4 is 5.32 Å². The van der Waals surface area contributed by atoms with Crippen LogP contribution in [-0.4, -0.2) is 63.6 Å². The maximum atomic E-state index is 11.6. The van der Waals surface area contributed by atoms with Crippen LogP contribution in [0.1, 0.15) is 19.8 Å². The van der Waals surface area contributed by atoms with E-state index < -0.39 is 23.7 Å². The van der Waals surface area contributed by atoms with E-state index in [0.717, 1.165) is 0 Å². The van der Waals surface area contributed by atoms with E-state index in [9.17, 15) is 14.7 Å². The Morgan fingerprint density at radius 2 is 2.18 bits per heavy atom. The van der Waals surface area contributed by atoms with Crippen LogP contribution in [0.15, 0.2) is 0 Å². The number of nitrogens with zero attached hydrogens (tertiary/aromatic N) is 1. The number of carbonyl (C=O) groups excluding carboxylic acids is 1. The number of nitrogens with one attached hydrogen (secondary N) is 1. The number of aliphatic carboxylic acids is 1. The Bertz CT molecular complexity index is 305. The number of aliphatic hydroxyl groups excluding tert-OH is 1. The van der Waals surface area contributed by atoms with Gasteiger partial charge in [-0.05, 0) is 19.8 Å². The summed E-state index contributed by atoms with van der Waals surface area (Å²) in [5, 5.41) is 29.5. The zero-order chi connectivity index (χ0) is 13.1. The zero-order valence-corrected chi connectivity index (χ0v) is 9.72. The summed E-state index contributed by atoms with van der Waals surface area (Å²) in [5.74, 6) is -1.38. The Balaban J connectivity index is 2.40. The van der Waals surface area contributed by atoms with Crippen LogP contribution in [0.25, 0.3) is 0 Å². The van der Waals surface area contributed by atoms with Crippen molar-refractivity contribution in [2.45, 2.75) is 31.5 Å². The monoisotopic (exact) mass is 246 g/mol. The summed E-state index contributed by atoms with van der Waals surface area (Å²) in [7, 11) is 0. The Kier molecular flexibility index (Phi) is 4.30. The van der Waals surface area contributed by atoms with Gasteiger partial charge in [0.15, 0.2) is 6.10 Å². The number of amides is 2. The van der Waals surface area contributed by atoms with Gasteiger partial charge in [-0.1, -0.05) is 0 Å². The maximum absolute atomic E-state index is 11.6. The van der Waals surface area contributed by atoms with Gasteiger partial charge in [0.05, 0.1) is 18.7 Å². The second-order valence-corrected chi connectivity index (χ2v) is 4.56.